The molecule has 0 radical (unpaired) electrons. The highest BCUT2D eigenvalue weighted by molar-refractivity contribution is 7.90. The van der Waals surface area contributed by atoms with Crippen molar-refractivity contribution in [1.29, 1.82) is 0 Å². The summed E-state index contributed by atoms with van der Waals surface area (Å²) in [6.45, 7) is 6.12. The lowest BCUT2D eigenvalue weighted by Gasteiger charge is -2.15. The van der Waals surface area contributed by atoms with Gasteiger partial charge in [-0.3, -0.25) is 4.79 Å². The molecule has 248 valence electrons. The minimum absolute atomic E-state index is 0.0893. The zero-order valence-electron chi connectivity index (χ0n) is 25.1. The Hall–Kier alpha value is -4.87. The van der Waals surface area contributed by atoms with E-state index in [-0.39, 0.29) is 40.8 Å². The molecule has 1 N–H and O–H groups in total. The van der Waals surface area contributed by atoms with Crippen molar-refractivity contribution in [2.45, 2.75) is 51.3 Å². The first-order valence-electron chi connectivity index (χ1n) is 13.7. The maximum Gasteiger partial charge on any atom is 0.435 e. The average Bonchev–Trinajstić information content (AvgIpc) is 3.63. The van der Waals surface area contributed by atoms with Gasteiger partial charge in [-0.1, -0.05) is 29.8 Å². The number of halogens is 3. The average molecular weight is 669 g/mol. The molecule has 1 amide bonds. The number of benzene rings is 2. The second-order valence-electron chi connectivity index (χ2n) is 11.3. The third kappa shape index (κ3) is 8.43. The minimum atomic E-state index is -4.72. The number of esters is 1. The van der Waals surface area contributed by atoms with Gasteiger partial charge in [0.15, 0.2) is 5.69 Å². The molecule has 1 unspecified atom stereocenters. The van der Waals surface area contributed by atoms with Crippen LogP contribution in [0, 0.1) is 17.5 Å². The van der Waals surface area contributed by atoms with Crippen molar-refractivity contribution in [3.05, 3.63) is 71.1 Å². The standard InChI is InChI=1S/C28H31F3N6O8S/c1-18-5-7-19(8-6-18)23-15-24(28(29,30)31)32-36(23)20-9-11-22(12-10-20)46(41,42)33-26(39)45-21-13-14-35(16-21)37(40)34-44-17-43-25(38)27(2,3)4/h5-12,15,21H,13-14,16-17H2,1-4H3,(H,33,39)/b37-34-. The minimum Gasteiger partial charge on any atom is -0.569 e. The van der Waals surface area contributed by atoms with Crippen LogP contribution in [0.4, 0.5) is 18.0 Å². The number of rotatable bonds is 9. The van der Waals surface area contributed by atoms with Gasteiger partial charge >= 0.3 is 18.2 Å². The van der Waals surface area contributed by atoms with Gasteiger partial charge < -0.3 is 19.5 Å². The molecule has 46 heavy (non-hydrogen) atoms. The number of nitrogens with zero attached hydrogens (tertiary/aromatic N) is 5. The fourth-order valence-electron chi connectivity index (χ4n) is 4.14. The number of aryl methyl sites for hydroxylation is 1. The summed E-state index contributed by atoms with van der Waals surface area (Å²) < 4.78 is 78.9. The van der Waals surface area contributed by atoms with Crippen LogP contribution in [-0.4, -0.2) is 66.2 Å². The van der Waals surface area contributed by atoms with Gasteiger partial charge in [-0.2, -0.15) is 18.3 Å². The van der Waals surface area contributed by atoms with Crippen LogP contribution >= 0.6 is 0 Å². The highest BCUT2D eigenvalue weighted by Gasteiger charge is 2.36. The van der Waals surface area contributed by atoms with Gasteiger partial charge in [0.25, 0.3) is 16.8 Å². The maximum atomic E-state index is 13.5. The van der Waals surface area contributed by atoms with E-state index in [9.17, 15) is 36.4 Å². The number of sulfonamides is 1. The Kier molecular flexibility index (Phi) is 9.79. The number of hydrogen-bond acceptors (Lipinski definition) is 10. The van der Waals surface area contributed by atoms with Crippen molar-refractivity contribution in [3.63, 3.8) is 0 Å². The molecule has 0 aliphatic carbocycles. The smallest absolute Gasteiger partial charge is 0.435 e. The maximum absolute atomic E-state index is 13.5. The van der Waals surface area contributed by atoms with Crippen molar-refractivity contribution in [1.82, 2.24) is 19.5 Å². The fraction of sp³-hybridized carbons (Fsp3) is 0.393. The lowest BCUT2D eigenvalue weighted by atomic mass is 9.98. The molecule has 2 aromatic carbocycles. The topological polar surface area (TPSA) is 167 Å². The number of hydrazine groups is 1. The summed E-state index contributed by atoms with van der Waals surface area (Å²) in [6.07, 6.45) is -6.72. The quantitative estimate of drug-likeness (QED) is 0.0842. The molecule has 0 spiro atoms. The first kappa shape index (κ1) is 34.0. The van der Waals surface area contributed by atoms with Gasteiger partial charge in [0.1, 0.15) is 12.6 Å². The van der Waals surface area contributed by atoms with Crippen molar-refractivity contribution < 1.29 is 50.5 Å². The Morgan fingerprint density at radius 1 is 1.11 bits per heavy atom. The summed E-state index contributed by atoms with van der Waals surface area (Å²) in [7, 11) is -4.45. The van der Waals surface area contributed by atoms with E-state index in [0.29, 0.717) is 5.56 Å². The van der Waals surface area contributed by atoms with Gasteiger partial charge in [0.05, 0.1) is 33.2 Å². The van der Waals surface area contributed by atoms with E-state index < -0.39 is 52.3 Å². The number of carbonyl (C=O) groups excluding carboxylic acids is 2. The largest absolute Gasteiger partial charge is 0.569 e. The molecule has 0 saturated carbocycles. The van der Waals surface area contributed by atoms with Crippen molar-refractivity contribution >= 4 is 22.1 Å². The number of hydrogen-bond donors (Lipinski definition) is 1. The Bertz CT molecular complexity index is 1700. The molecular weight excluding hydrogens is 637 g/mol. The van der Waals surface area contributed by atoms with E-state index in [1.807, 2.05) is 6.92 Å². The number of carbonyl (C=O) groups is 2. The molecule has 14 nitrogen and oxygen atoms in total. The monoisotopic (exact) mass is 668 g/mol. The third-order valence-electron chi connectivity index (χ3n) is 6.58. The van der Waals surface area contributed by atoms with Gasteiger partial charge in [-0.15, -0.1) is 5.01 Å². The first-order valence-corrected chi connectivity index (χ1v) is 15.2. The normalized spacial score (nSPS) is 15.8. The van der Waals surface area contributed by atoms with Crippen molar-refractivity contribution in [2.24, 2.45) is 10.7 Å². The number of nitrogens with one attached hydrogen (secondary N) is 1. The molecule has 2 heterocycles. The number of alkyl halides is 3. The predicted molar refractivity (Wildman–Crippen MR) is 153 cm³/mol. The molecule has 4 rings (SSSR count). The molecule has 1 aliphatic rings. The summed E-state index contributed by atoms with van der Waals surface area (Å²) >= 11 is 0. The molecule has 1 aliphatic heterocycles. The summed E-state index contributed by atoms with van der Waals surface area (Å²) in [4.78, 5) is 28.5. The van der Waals surface area contributed by atoms with Crippen LogP contribution in [0.2, 0.25) is 0 Å². The van der Waals surface area contributed by atoms with Crippen LogP contribution in [0.15, 0.2) is 64.8 Å². The molecule has 1 saturated heterocycles. The predicted octanol–water partition coefficient (Wildman–Crippen LogP) is 4.71. The summed E-state index contributed by atoms with van der Waals surface area (Å²) in [5, 5.41) is 20.2. The van der Waals surface area contributed by atoms with Crippen molar-refractivity contribution in [3.8, 4) is 16.9 Å². The number of aromatic nitrogens is 2. The van der Waals surface area contributed by atoms with Crippen LogP contribution in [-0.2, 0) is 35.3 Å². The van der Waals surface area contributed by atoms with E-state index in [0.717, 1.165) is 33.5 Å². The van der Waals surface area contributed by atoms with E-state index in [2.05, 4.69) is 15.2 Å². The zero-order chi connectivity index (χ0) is 33.9. The molecule has 0 bridgehead atoms. The van der Waals surface area contributed by atoms with E-state index in [4.69, 9.17) is 9.47 Å². The zero-order valence-corrected chi connectivity index (χ0v) is 26.0. The van der Waals surface area contributed by atoms with Crippen LogP contribution < -0.4 is 4.72 Å². The van der Waals surface area contributed by atoms with E-state index >= 15 is 0 Å². The molecule has 1 atom stereocenters. The second kappa shape index (κ2) is 13.2. The lowest BCUT2D eigenvalue weighted by Crippen LogP contribution is -2.36. The SMILES string of the molecule is Cc1ccc(-c2cc(C(F)(F)F)nn2-c2ccc(S(=O)(=O)NC(=O)OC3CCN(/[N+]([O-])=N/OCOC(=O)C(C)(C)C)C3)cc2)cc1. The van der Waals surface area contributed by atoms with Crippen LogP contribution in [0.1, 0.15) is 38.4 Å². The highest BCUT2D eigenvalue weighted by atomic mass is 32.2. The molecular formula is C28H31F3N6O8S. The lowest BCUT2D eigenvalue weighted by molar-refractivity contribution is -0.708. The number of amides is 1. The van der Waals surface area contributed by atoms with Gasteiger partial charge in [-0.25, -0.2) is 22.6 Å². The summed E-state index contributed by atoms with van der Waals surface area (Å²) in [5.74, 6) is -0.559. The third-order valence-corrected chi connectivity index (χ3v) is 7.91. The highest BCUT2D eigenvalue weighted by Crippen LogP contribution is 2.33. The second-order valence-corrected chi connectivity index (χ2v) is 13.0. The Morgan fingerprint density at radius 3 is 2.37 bits per heavy atom. The number of ether oxygens (including phenoxy) is 2. The first-order chi connectivity index (χ1) is 21.4. The Balaban J connectivity index is 1.37. The van der Waals surface area contributed by atoms with Gasteiger partial charge in [0.2, 0.25) is 5.28 Å². The molecule has 1 fully saturated rings. The molecule has 3 aromatic rings. The Morgan fingerprint density at radius 2 is 1.76 bits per heavy atom. The molecule has 1 aromatic heterocycles. The summed E-state index contributed by atoms with van der Waals surface area (Å²) in [5.41, 5.74) is -0.256. The molecule has 18 heteroatoms. The van der Waals surface area contributed by atoms with E-state index in [1.54, 1.807) is 49.8 Å². The van der Waals surface area contributed by atoms with Gasteiger partial charge in [-0.05, 0) is 58.0 Å². The van der Waals surface area contributed by atoms with Gasteiger partial charge in [0, 0.05) is 12.0 Å². The van der Waals surface area contributed by atoms with E-state index in [1.165, 1.54) is 12.1 Å². The van der Waals surface area contributed by atoms with Crippen LogP contribution in [0.25, 0.3) is 16.9 Å². The Labute approximate surface area is 261 Å². The fourth-order valence-corrected chi connectivity index (χ4v) is 5.02. The van der Waals surface area contributed by atoms with Crippen LogP contribution in [0.5, 0.6) is 0 Å². The van der Waals surface area contributed by atoms with Crippen molar-refractivity contribution in [2.75, 3.05) is 19.9 Å². The van der Waals surface area contributed by atoms with Crippen LogP contribution in [0.3, 0.4) is 0 Å². The summed E-state index contributed by atoms with van der Waals surface area (Å²) in [6, 6.07) is 12.4.